The van der Waals surface area contributed by atoms with Gasteiger partial charge in [0.2, 0.25) is 0 Å². The Hall–Kier alpha value is -0.0300. The molecule has 4 heavy (non-hydrogen) atoms. The van der Waals surface area contributed by atoms with Crippen molar-refractivity contribution in [2.45, 2.75) is 0 Å². The molecule has 2 nitrogen and oxygen atoms in total. The van der Waals surface area contributed by atoms with Gasteiger partial charge in [-0.25, -0.2) is 0 Å². The summed E-state index contributed by atoms with van der Waals surface area (Å²) < 4.78 is 9.03. The maximum atomic E-state index is 9.03. The Kier molecular flexibility index (Phi) is 2.95. The molecule has 0 aliphatic rings. The quantitative estimate of drug-likeness (QED) is 0.329. The van der Waals surface area contributed by atoms with Gasteiger partial charge in [-0.3, -0.25) is 0 Å². The fraction of sp³-hybridized carbons (Fsp3) is 0. The van der Waals surface area contributed by atoms with Crippen molar-refractivity contribution in [3.8, 4) is 5.75 Å². The van der Waals surface area contributed by atoms with Gasteiger partial charge in [0.15, 0.2) is 0 Å². The monoisotopic (exact) mass is 75.0 g/mol. The normalized spacial score (nSPS) is 4.25. The summed E-state index contributed by atoms with van der Waals surface area (Å²) >= 11 is 0. The molecule has 3 heteroatoms. The first-order chi connectivity index (χ1) is 1.91. The fourth-order valence-electron chi connectivity index (χ4n) is 0. The van der Waals surface area contributed by atoms with Gasteiger partial charge in [-0.05, 0) is 0 Å². The second-order valence-electron chi connectivity index (χ2n) is 0.220. The average molecular weight is 75.0 g/mol. The van der Waals surface area contributed by atoms with E-state index in [1.54, 1.807) is 0 Å². The van der Waals surface area contributed by atoms with Crippen LogP contribution in [0.2, 0.25) is 0 Å². The van der Waals surface area contributed by atoms with Crippen molar-refractivity contribution in [3.05, 3.63) is 0 Å². The van der Waals surface area contributed by atoms with E-state index in [2.05, 4.69) is 5.73 Å². The molecule has 22 valence electrons. The molecule has 0 aliphatic heterocycles. The van der Waals surface area contributed by atoms with Crippen molar-refractivity contribution in [3.63, 3.8) is 0 Å². The molecule has 0 saturated heterocycles. The van der Waals surface area contributed by atoms with Crippen LogP contribution in [0.5, 0.6) is 0 Å². The predicted molar refractivity (Wildman–Crippen MR) is 15.7 cm³/mol. The topological polar surface area (TPSA) is 43.1 Å². The summed E-state index contributed by atoms with van der Waals surface area (Å²) in [5, 5.41) is 0. The van der Waals surface area contributed by atoms with E-state index in [1.807, 2.05) is 5.75 Å². The van der Waals surface area contributed by atoms with Crippen LogP contribution in [0.15, 0.2) is 0 Å². The molecular formula is CH2NOP. The fourth-order valence-corrected chi connectivity index (χ4v) is 0. The van der Waals surface area contributed by atoms with Gasteiger partial charge in [0.1, 0.15) is 0 Å². The molecule has 0 aromatic heterocycles. The molecule has 0 unspecified atom stereocenters. The summed E-state index contributed by atoms with van der Waals surface area (Å²) in [5.74, 6) is 1.85. The van der Waals surface area contributed by atoms with Crippen LogP contribution in [-0.4, -0.2) is 0 Å². The van der Waals surface area contributed by atoms with E-state index in [4.69, 9.17) is 4.57 Å². The minimum atomic E-state index is -0.224. The third-order valence-corrected chi connectivity index (χ3v) is 0.158. The van der Waals surface area contributed by atoms with Crippen molar-refractivity contribution in [2.24, 2.45) is 5.73 Å². The van der Waals surface area contributed by atoms with Crippen molar-refractivity contribution < 1.29 is 4.57 Å². The van der Waals surface area contributed by atoms with E-state index in [9.17, 15) is 0 Å². The van der Waals surface area contributed by atoms with Crippen LogP contribution in [0.4, 0.5) is 0 Å². The number of hydrogen-bond donors (Lipinski definition) is 1. The van der Waals surface area contributed by atoms with Crippen LogP contribution in [0, 0.1) is 5.75 Å². The molecule has 0 aromatic carbocycles. The van der Waals surface area contributed by atoms with Crippen LogP contribution in [0.3, 0.4) is 0 Å². The average Bonchev–Trinajstić information content (AvgIpc) is 1.37. The van der Waals surface area contributed by atoms with Gasteiger partial charge in [0, 0.05) is 0 Å². The van der Waals surface area contributed by atoms with E-state index in [-0.39, 0.29) is 7.92 Å². The van der Waals surface area contributed by atoms with Crippen LogP contribution in [-0.2, 0) is 4.57 Å². The molecule has 0 aromatic rings. The van der Waals surface area contributed by atoms with Gasteiger partial charge in [0.25, 0.3) is 0 Å². The first-order valence-electron chi connectivity index (χ1n) is 0.695. The van der Waals surface area contributed by atoms with Crippen LogP contribution < -0.4 is 5.73 Å². The zero-order valence-electron chi connectivity index (χ0n) is 1.93. The van der Waals surface area contributed by atoms with E-state index in [0.29, 0.717) is 0 Å². The Labute approximate surface area is 25.1 Å². The van der Waals surface area contributed by atoms with Gasteiger partial charge in [-0.1, -0.05) is 0 Å². The maximum absolute atomic E-state index is 9.03. The van der Waals surface area contributed by atoms with Gasteiger partial charge < -0.3 is 0 Å². The molecular weight excluding hydrogens is 73.0 g/mol. The van der Waals surface area contributed by atoms with E-state index in [1.165, 1.54) is 0 Å². The van der Waals surface area contributed by atoms with Gasteiger partial charge in [-0.15, -0.1) is 0 Å². The Balaban J connectivity index is 3.53. The van der Waals surface area contributed by atoms with Crippen molar-refractivity contribution in [1.29, 1.82) is 0 Å². The molecule has 0 heterocycles. The third-order valence-electron chi connectivity index (χ3n) is 0.0527. The zero-order valence-corrected chi connectivity index (χ0v) is 2.83. The standard InChI is InChI=1S/CH2NOP/c2-1-4-3/h2H2. The predicted octanol–water partition coefficient (Wildman–Crippen LogP) is 0.154. The second-order valence-corrected chi connectivity index (χ2v) is 0.661. The summed E-state index contributed by atoms with van der Waals surface area (Å²) in [7, 11) is -0.224. The van der Waals surface area contributed by atoms with Gasteiger partial charge in [0.05, 0.1) is 0 Å². The van der Waals surface area contributed by atoms with Gasteiger partial charge in [-0.2, -0.15) is 0 Å². The molecule has 2 N–H and O–H groups in total. The molecule has 0 atom stereocenters. The number of hydrogen-bond acceptors (Lipinski definition) is 2. The number of rotatable bonds is 0. The molecule has 0 bridgehead atoms. The Morgan fingerprint density at radius 2 is 2.25 bits per heavy atom. The van der Waals surface area contributed by atoms with E-state index < -0.39 is 0 Å². The van der Waals surface area contributed by atoms with Gasteiger partial charge >= 0.3 is 24.0 Å². The molecule has 0 rings (SSSR count). The summed E-state index contributed by atoms with van der Waals surface area (Å²) in [6, 6.07) is 0. The van der Waals surface area contributed by atoms with Crippen LogP contribution in [0.1, 0.15) is 0 Å². The molecule has 0 saturated carbocycles. The Morgan fingerprint density at radius 3 is 2.25 bits per heavy atom. The first kappa shape index (κ1) is 3.97. The third kappa shape index (κ3) is 1.97. The Morgan fingerprint density at radius 1 is 2.00 bits per heavy atom. The first-order valence-corrected chi connectivity index (χ1v) is 1.51. The summed E-state index contributed by atoms with van der Waals surface area (Å²) in [4.78, 5) is 0. The van der Waals surface area contributed by atoms with Crippen molar-refractivity contribution in [1.82, 2.24) is 0 Å². The molecule has 0 radical (unpaired) electrons. The SMILES string of the molecule is NC#P=O. The van der Waals surface area contributed by atoms with E-state index >= 15 is 0 Å². The van der Waals surface area contributed by atoms with Crippen LogP contribution in [0.25, 0.3) is 0 Å². The van der Waals surface area contributed by atoms with Crippen molar-refractivity contribution >= 4 is 7.92 Å². The molecule has 0 amide bonds. The molecule has 0 fully saturated rings. The van der Waals surface area contributed by atoms with E-state index in [0.717, 1.165) is 0 Å². The van der Waals surface area contributed by atoms with Crippen molar-refractivity contribution in [2.75, 3.05) is 0 Å². The van der Waals surface area contributed by atoms with Crippen LogP contribution >= 0.6 is 7.92 Å². The summed E-state index contributed by atoms with van der Waals surface area (Å²) in [6.45, 7) is 0. The minimum absolute atomic E-state index is 0.224. The summed E-state index contributed by atoms with van der Waals surface area (Å²) in [6.07, 6.45) is 0. The second kappa shape index (κ2) is 2.97. The summed E-state index contributed by atoms with van der Waals surface area (Å²) in [5.41, 5.74) is 4.45. The number of nitrogens with two attached hydrogens (primary N) is 1. The Bertz CT molecular complexity index is 79.2. The zero-order chi connectivity index (χ0) is 3.41. The molecule has 0 aliphatic carbocycles. The molecule has 0 spiro atoms.